The first-order chi connectivity index (χ1) is 5.16. The highest BCUT2D eigenvalue weighted by molar-refractivity contribution is 6.33. The topological polar surface area (TPSA) is 49.8 Å². The Labute approximate surface area is 70.2 Å². The van der Waals surface area contributed by atoms with Crippen molar-refractivity contribution in [2.45, 2.75) is 6.92 Å². The standard InChI is InChI=1S/C8H7ClN2/c1-5-2-3-7(9)8(11)6(5)4-10/h2-3H,11H2,1H3. The Hall–Kier alpha value is -1.20. The molecule has 0 fully saturated rings. The van der Waals surface area contributed by atoms with Gasteiger partial charge in [0, 0.05) is 0 Å². The number of rotatable bonds is 0. The van der Waals surface area contributed by atoms with Crippen molar-refractivity contribution in [3.05, 3.63) is 28.3 Å². The summed E-state index contributed by atoms with van der Waals surface area (Å²) in [6, 6.07) is 5.46. The number of nitriles is 1. The van der Waals surface area contributed by atoms with E-state index in [1.807, 2.05) is 13.0 Å². The molecule has 0 heterocycles. The Morgan fingerprint density at radius 2 is 2.18 bits per heavy atom. The zero-order valence-corrected chi connectivity index (χ0v) is 6.81. The van der Waals surface area contributed by atoms with E-state index in [0.717, 1.165) is 5.56 Å². The van der Waals surface area contributed by atoms with Gasteiger partial charge in [-0.15, -0.1) is 0 Å². The molecule has 0 spiro atoms. The molecule has 1 aromatic rings. The van der Waals surface area contributed by atoms with Crippen LogP contribution in [-0.4, -0.2) is 0 Å². The maximum atomic E-state index is 8.64. The summed E-state index contributed by atoms with van der Waals surface area (Å²) < 4.78 is 0. The molecule has 0 aliphatic heterocycles. The first kappa shape index (κ1) is 7.90. The molecule has 0 aromatic heterocycles. The smallest absolute Gasteiger partial charge is 0.102 e. The molecule has 2 N–H and O–H groups in total. The third kappa shape index (κ3) is 1.28. The molecule has 0 unspecified atom stereocenters. The van der Waals surface area contributed by atoms with Crippen molar-refractivity contribution in [2.75, 3.05) is 5.73 Å². The molecule has 0 saturated heterocycles. The number of hydrogen-bond acceptors (Lipinski definition) is 2. The third-order valence-electron chi connectivity index (χ3n) is 1.51. The quantitative estimate of drug-likeness (QED) is 0.600. The SMILES string of the molecule is Cc1ccc(Cl)c(N)c1C#N. The van der Waals surface area contributed by atoms with Gasteiger partial charge in [-0.25, -0.2) is 0 Å². The number of halogens is 1. The highest BCUT2D eigenvalue weighted by atomic mass is 35.5. The Balaban J connectivity index is 3.44. The van der Waals surface area contributed by atoms with Crippen LogP contribution in [0.3, 0.4) is 0 Å². The van der Waals surface area contributed by atoms with Crippen LogP contribution in [0, 0.1) is 18.3 Å². The first-order valence-corrected chi connectivity index (χ1v) is 3.49. The van der Waals surface area contributed by atoms with Crippen molar-refractivity contribution in [3.63, 3.8) is 0 Å². The maximum Gasteiger partial charge on any atom is 0.102 e. The molecule has 0 saturated carbocycles. The van der Waals surface area contributed by atoms with E-state index in [9.17, 15) is 0 Å². The minimum absolute atomic E-state index is 0.370. The first-order valence-electron chi connectivity index (χ1n) is 3.11. The van der Waals surface area contributed by atoms with Gasteiger partial charge in [0.15, 0.2) is 0 Å². The summed E-state index contributed by atoms with van der Waals surface area (Å²) in [7, 11) is 0. The van der Waals surface area contributed by atoms with Crippen LogP contribution in [-0.2, 0) is 0 Å². The molecule has 0 aliphatic carbocycles. The van der Waals surface area contributed by atoms with Crippen LogP contribution < -0.4 is 5.73 Å². The van der Waals surface area contributed by atoms with E-state index in [4.69, 9.17) is 22.6 Å². The van der Waals surface area contributed by atoms with Crippen LogP contribution in [0.25, 0.3) is 0 Å². The zero-order chi connectivity index (χ0) is 8.43. The van der Waals surface area contributed by atoms with E-state index in [1.165, 1.54) is 0 Å². The van der Waals surface area contributed by atoms with Crippen molar-refractivity contribution in [2.24, 2.45) is 0 Å². The lowest BCUT2D eigenvalue weighted by Gasteiger charge is -2.02. The monoisotopic (exact) mass is 166 g/mol. The van der Waals surface area contributed by atoms with Crippen molar-refractivity contribution >= 4 is 17.3 Å². The molecule has 2 nitrogen and oxygen atoms in total. The van der Waals surface area contributed by atoms with Gasteiger partial charge in [-0.2, -0.15) is 5.26 Å². The molecule has 56 valence electrons. The molecule has 0 atom stereocenters. The largest absolute Gasteiger partial charge is 0.396 e. The van der Waals surface area contributed by atoms with Gasteiger partial charge < -0.3 is 5.73 Å². The van der Waals surface area contributed by atoms with Crippen molar-refractivity contribution in [1.82, 2.24) is 0 Å². The van der Waals surface area contributed by atoms with E-state index in [2.05, 4.69) is 0 Å². The van der Waals surface area contributed by atoms with Crippen LogP contribution in [0.4, 0.5) is 5.69 Å². The summed E-state index contributed by atoms with van der Waals surface area (Å²) in [5, 5.41) is 9.07. The summed E-state index contributed by atoms with van der Waals surface area (Å²) >= 11 is 5.69. The summed E-state index contributed by atoms with van der Waals surface area (Å²) in [6.07, 6.45) is 0. The Bertz CT molecular complexity index is 326. The molecular formula is C8H7ClN2. The second-order valence-electron chi connectivity index (χ2n) is 2.26. The minimum atomic E-state index is 0.370. The molecule has 0 bridgehead atoms. The Kier molecular flexibility index (Phi) is 2.02. The van der Waals surface area contributed by atoms with Gasteiger partial charge in [-0.3, -0.25) is 0 Å². The van der Waals surface area contributed by atoms with Gasteiger partial charge in [0.1, 0.15) is 6.07 Å². The molecule has 0 radical (unpaired) electrons. The molecule has 0 amide bonds. The third-order valence-corrected chi connectivity index (χ3v) is 1.84. The van der Waals surface area contributed by atoms with E-state index < -0.39 is 0 Å². The van der Waals surface area contributed by atoms with Gasteiger partial charge in [0.25, 0.3) is 0 Å². The second-order valence-corrected chi connectivity index (χ2v) is 2.67. The number of hydrogen-bond donors (Lipinski definition) is 1. The normalized spacial score (nSPS) is 9.18. The fourth-order valence-corrected chi connectivity index (χ4v) is 1.01. The number of aryl methyl sites for hydroxylation is 1. The summed E-state index contributed by atoms with van der Waals surface area (Å²) in [6.45, 7) is 1.82. The van der Waals surface area contributed by atoms with Crippen LogP contribution in [0.2, 0.25) is 5.02 Å². The van der Waals surface area contributed by atoms with Gasteiger partial charge in [0.2, 0.25) is 0 Å². The van der Waals surface area contributed by atoms with Gasteiger partial charge in [-0.1, -0.05) is 17.7 Å². The highest BCUT2D eigenvalue weighted by Crippen LogP contribution is 2.24. The average Bonchev–Trinajstić information content (AvgIpc) is 1.99. The lowest BCUT2D eigenvalue weighted by Crippen LogP contribution is -1.93. The predicted octanol–water partition coefficient (Wildman–Crippen LogP) is 2.10. The number of benzene rings is 1. The molecular weight excluding hydrogens is 160 g/mol. The van der Waals surface area contributed by atoms with Gasteiger partial charge >= 0.3 is 0 Å². The van der Waals surface area contributed by atoms with Crippen molar-refractivity contribution in [3.8, 4) is 6.07 Å². The molecule has 1 aromatic carbocycles. The van der Waals surface area contributed by atoms with Crippen LogP contribution in [0.1, 0.15) is 11.1 Å². The predicted molar refractivity (Wildman–Crippen MR) is 45.3 cm³/mol. The van der Waals surface area contributed by atoms with E-state index in [1.54, 1.807) is 12.1 Å². The fraction of sp³-hybridized carbons (Fsp3) is 0.125. The molecule has 1 rings (SSSR count). The lowest BCUT2D eigenvalue weighted by atomic mass is 10.1. The average molecular weight is 167 g/mol. The van der Waals surface area contributed by atoms with Crippen LogP contribution in [0.15, 0.2) is 12.1 Å². The Morgan fingerprint density at radius 1 is 1.55 bits per heavy atom. The summed E-state index contributed by atoms with van der Waals surface area (Å²) in [5.41, 5.74) is 7.23. The summed E-state index contributed by atoms with van der Waals surface area (Å²) in [5.74, 6) is 0. The fourth-order valence-electron chi connectivity index (χ4n) is 0.852. The second kappa shape index (κ2) is 2.81. The Morgan fingerprint density at radius 3 is 2.64 bits per heavy atom. The van der Waals surface area contributed by atoms with Crippen molar-refractivity contribution in [1.29, 1.82) is 5.26 Å². The lowest BCUT2D eigenvalue weighted by molar-refractivity contribution is 1.40. The van der Waals surface area contributed by atoms with Crippen molar-refractivity contribution < 1.29 is 0 Å². The van der Waals surface area contributed by atoms with Crippen LogP contribution in [0.5, 0.6) is 0 Å². The zero-order valence-electron chi connectivity index (χ0n) is 6.06. The number of nitrogen functional groups attached to an aromatic ring is 1. The maximum absolute atomic E-state index is 8.64. The highest BCUT2D eigenvalue weighted by Gasteiger charge is 2.04. The van der Waals surface area contributed by atoms with Gasteiger partial charge in [0.05, 0.1) is 16.3 Å². The number of nitrogens with two attached hydrogens (primary N) is 1. The minimum Gasteiger partial charge on any atom is -0.396 e. The number of anilines is 1. The van der Waals surface area contributed by atoms with Crippen LogP contribution >= 0.6 is 11.6 Å². The van der Waals surface area contributed by atoms with E-state index >= 15 is 0 Å². The summed E-state index contributed by atoms with van der Waals surface area (Å²) in [4.78, 5) is 0. The van der Waals surface area contributed by atoms with Gasteiger partial charge in [-0.05, 0) is 18.6 Å². The van der Waals surface area contributed by atoms with E-state index in [-0.39, 0.29) is 0 Å². The molecule has 0 aliphatic rings. The molecule has 3 heteroatoms. The molecule has 11 heavy (non-hydrogen) atoms. The van der Waals surface area contributed by atoms with E-state index in [0.29, 0.717) is 16.3 Å². The number of nitrogens with zero attached hydrogens (tertiary/aromatic N) is 1.